The fraction of sp³-hybridized carbons (Fsp3) is 0.333. The van der Waals surface area contributed by atoms with Crippen LogP contribution < -0.4 is 16.6 Å². The summed E-state index contributed by atoms with van der Waals surface area (Å²) in [6.45, 7) is 3.67. The lowest BCUT2D eigenvalue weighted by atomic mass is 10.1. The molecule has 0 radical (unpaired) electrons. The van der Waals surface area contributed by atoms with Gasteiger partial charge in [-0.1, -0.05) is 6.92 Å². The van der Waals surface area contributed by atoms with E-state index in [1.165, 1.54) is 0 Å². The van der Waals surface area contributed by atoms with E-state index in [1.54, 1.807) is 13.0 Å². The van der Waals surface area contributed by atoms with Crippen LogP contribution in [0.3, 0.4) is 0 Å². The number of carbonyl (C=O) groups excluding carboxylic acids is 1. The molecule has 0 aliphatic carbocycles. The van der Waals surface area contributed by atoms with E-state index < -0.39 is 0 Å². The molecule has 0 aliphatic rings. The second-order valence-corrected chi connectivity index (χ2v) is 3.58. The number of aryl methyl sites for hydroxylation is 2. The van der Waals surface area contributed by atoms with Crippen molar-refractivity contribution in [2.45, 2.75) is 20.3 Å². The quantitative estimate of drug-likeness (QED) is 0.490. The molecular weight excluding hydrogens is 226 g/mol. The van der Waals surface area contributed by atoms with Gasteiger partial charge in [0.05, 0.1) is 17.0 Å². The van der Waals surface area contributed by atoms with Crippen molar-refractivity contribution < 1.29 is 4.79 Å². The molecule has 1 aromatic rings. The maximum Gasteiger partial charge on any atom is 0.271 e. The smallest absolute Gasteiger partial charge is 0.271 e. The zero-order valence-electron chi connectivity index (χ0n) is 9.07. The number of hydrazine groups is 1. The fourth-order valence-electron chi connectivity index (χ4n) is 1.16. The number of nitrogens with one attached hydrogen (secondary N) is 2. The Bertz CT molecular complexity index is 420. The number of amides is 1. The normalized spacial score (nSPS) is 9.62. The van der Waals surface area contributed by atoms with Gasteiger partial charge < -0.3 is 5.73 Å². The molecule has 0 aromatic carbocycles. The summed E-state index contributed by atoms with van der Waals surface area (Å²) >= 11 is 4.57. The summed E-state index contributed by atoms with van der Waals surface area (Å²) in [4.78, 5) is 11.7. The van der Waals surface area contributed by atoms with Gasteiger partial charge in [-0.3, -0.25) is 15.6 Å². The van der Waals surface area contributed by atoms with Gasteiger partial charge in [0.25, 0.3) is 5.91 Å². The van der Waals surface area contributed by atoms with E-state index in [-0.39, 0.29) is 11.0 Å². The Morgan fingerprint density at radius 1 is 1.50 bits per heavy atom. The van der Waals surface area contributed by atoms with Crippen molar-refractivity contribution in [1.82, 2.24) is 21.0 Å². The number of nitrogens with zero attached hydrogens (tertiary/aromatic N) is 2. The molecule has 0 spiro atoms. The molecule has 1 heterocycles. The molecule has 0 aliphatic heterocycles. The molecule has 0 fully saturated rings. The molecule has 6 nitrogen and oxygen atoms in total. The molecule has 0 saturated heterocycles. The van der Waals surface area contributed by atoms with Crippen LogP contribution in [0.25, 0.3) is 0 Å². The molecule has 1 rings (SSSR count). The van der Waals surface area contributed by atoms with Crippen LogP contribution in [0.1, 0.15) is 28.7 Å². The van der Waals surface area contributed by atoms with Crippen molar-refractivity contribution in [3.63, 3.8) is 0 Å². The van der Waals surface area contributed by atoms with E-state index in [1.807, 2.05) is 6.92 Å². The summed E-state index contributed by atoms with van der Waals surface area (Å²) in [7, 11) is 0. The van der Waals surface area contributed by atoms with Crippen molar-refractivity contribution in [3.05, 3.63) is 23.0 Å². The maximum atomic E-state index is 11.7. The first kappa shape index (κ1) is 12.3. The highest BCUT2D eigenvalue weighted by Crippen LogP contribution is 2.06. The Hall–Kier alpha value is -1.76. The predicted octanol–water partition coefficient (Wildman–Crippen LogP) is -0.175. The van der Waals surface area contributed by atoms with Crippen LogP contribution in [0.2, 0.25) is 0 Å². The second-order valence-electron chi connectivity index (χ2n) is 3.14. The van der Waals surface area contributed by atoms with Gasteiger partial charge in [0.1, 0.15) is 0 Å². The Labute approximate surface area is 98.6 Å². The average Bonchev–Trinajstić information content (AvgIpc) is 2.25. The Morgan fingerprint density at radius 3 is 2.75 bits per heavy atom. The zero-order chi connectivity index (χ0) is 12.1. The van der Waals surface area contributed by atoms with Crippen molar-refractivity contribution in [3.8, 4) is 0 Å². The first-order valence-electron chi connectivity index (χ1n) is 4.73. The molecule has 7 heteroatoms. The first-order chi connectivity index (χ1) is 7.54. The molecule has 0 unspecified atom stereocenters. The van der Waals surface area contributed by atoms with E-state index in [0.29, 0.717) is 23.4 Å². The van der Waals surface area contributed by atoms with E-state index in [4.69, 9.17) is 5.73 Å². The third-order valence-electron chi connectivity index (χ3n) is 1.87. The van der Waals surface area contributed by atoms with Crippen LogP contribution in [0.15, 0.2) is 6.07 Å². The molecule has 16 heavy (non-hydrogen) atoms. The zero-order valence-corrected chi connectivity index (χ0v) is 9.89. The van der Waals surface area contributed by atoms with Gasteiger partial charge >= 0.3 is 0 Å². The molecule has 0 saturated carbocycles. The van der Waals surface area contributed by atoms with Gasteiger partial charge in [0, 0.05) is 0 Å². The standard InChI is InChI=1S/C9H13N5OS/c1-3-7-6(4-5(2)11-12-7)8(15)13-14-9(10)16/h4H,3H2,1-2H3,(H,13,15)(H3,10,14,16). The third kappa shape index (κ3) is 3.13. The minimum atomic E-state index is -0.331. The number of carbonyl (C=O) groups is 1. The summed E-state index contributed by atoms with van der Waals surface area (Å²) in [5.41, 5.74) is 11.7. The Balaban J connectivity index is 2.88. The number of rotatable bonds is 2. The molecule has 4 N–H and O–H groups in total. The molecule has 1 aromatic heterocycles. The lowest BCUT2D eigenvalue weighted by Gasteiger charge is -2.08. The summed E-state index contributed by atoms with van der Waals surface area (Å²) in [6.07, 6.45) is 0.628. The van der Waals surface area contributed by atoms with E-state index in [9.17, 15) is 4.79 Å². The Kier molecular flexibility index (Phi) is 4.12. The van der Waals surface area contributed by atoms with Gasteiger partial charge in [-0.2, -0.15) is 10.2 Å². The van der Waals surface area contributed by atoms with Crippen LogP contribution in [-0.2, 0) is 6.42 Å². The second kappa shape index (κ2) is 5.36. The number of nitrogens with two attached hydrogens (primary N) is 1. The third-order valence-corrected chi connectivity index (χ3v) is 1.97. The van der Waals surface area contributed by atoms with Gasteiger partial charge in [-0.25, -0.2) is 0 Å². The summed E-state index contributed by atoms with van der Waals surface area (Å²) < 4.78 is 0. The highest BCUT2D eigenvalue weighted by atomic mass is 32.1. The fourth-order valence-corrected chi connectivity index (χ4v) is 1.21. The maximum absolute atomic E-state index is 11.7. The highest BCUT2D eigenvalue weighted by Gasteiger charge is 2.12. The van der Waals surface area contributed by atoms with E-state index in [0.717, 1.165) is 0 Å². The van der Waals surface area contributed by atoms with Crippen molar-refractivity contribution >= 4 is 23.2 Å². The first-order valence-corrected chi connectivity index (χ1v) is 5.14. The number of hydrogen-bond donors (Lipinski definition) is 3. The van der Waals surface area contributed by atoms with Crippen molar-refractivity contribution in [2.75, 3.05) is 0 Å². The summed E-state index contributed by atoms with van der Waals surface area (Å²) in [6, 6.07) is 1.67. The largest absolute Gasteiger partial charge is 0.375 e. The van der Waals surface area contributed by atoms with Crippen LogP contribution >= 0.6 is 12.2 Å². The lowest BCUT2D eigenvalue weighted by molar-refractivity contribution is 0.0942. The van der Waals surface area contributed by atoms with Crippen molar-refractivity contribution in [1.29, 1.82) is 0 Å². The average molecular weight is 239 g/mol. The minimum Gasteiger partial charge on any atom is -0.375 e. The minimum absolute atomic E-state index is 0.00476. The van der Waals surface area contributed by atoms with Gasteiger partial charge in [0.2, 0.25) is 0 Å². The molecule has 86 valence electrons. The highest BCUT2D eigenvalue weighted by molar-refractivity contribution is 7.80. The van der Waals surface area contributed by atoms with Crippen LogP contribution in [-0.4, -0.2) is 21.2 Å². The van der Waals surface area contributed by atoms with Crippen LogP contribution in [0.4, 0.5) is 0 Å². The van der Waals surface area contributed by atoms with Gasteiger partial charge in [-0.05, 0) is 31.6 Å². The summed E-state index contributed by atoms with van der Waals surface area (Å²) in [5, 5.41) is 7.83. The molecule has 1 amide bonds. The topological polar surface area (TPSA) is 92.9 Å². The van der Waals surface area contributed by atoms with Gasteiger partial charge in [0.15, 0.2) is 5.11 Å². The SMILES string of the molecule is CCc1nnc(C)cc1C(=O)NNC(N)=S. The summed E-state index contributed by atoms with van der Waals surface area (Å²) in [5.74, 6) is -0.331. The van der Waals surface area contributed by atoms with E-state index >= 15 is 0 Å². The molecule has 0 bridgehead atoms. The number of thiocarbonyl (C=S) groups is 1. The Morgan fingerprint density at radius 2 is 2.19 bits per heavy atom. The lowest BCUT2D eigenvalue weighted by Crippen LogP contribution is -2.44. The van der Waals surface area contributed by atoms with Crippen LogP contribution in [0, 0.1) is 6.92 Å². The van der Waals surface area contributed by atoms with Crippen LogP contribution in [0.5, 0.6) is 0 Å². The molecule has 0 atom stereocenters. The van der Waals surface area contributed by atoms with Crippen molar-refractivity contribution in [2.24, 2.45) is 5.73 Å². The monoisotopic (exact) mass is 239 g/mol. The number of aromatic nitrogens is 2. The van der Waals surface area contributed by atoms with E-state index in [2.05, 4.69) is 33.3 Å². The van der Waals surface area contributed by atoms with Gasteiger partial charge in [-0.15, -0.1) is 0 Å². The number of hydrogen-bond acceptors (Lipinski definition) is 4. The molecular formula is C9H13N5OS. The predicted molar refractivity (Wildman–Crippen MR) is 63.5 cm³/mol.